The minimum Gasteiger partial charge on any atom is -0.444 e. The number of ether oxygens (including phenoxy) is 1. The van der Waals surface area contributed by atoms with Crippen molar-refractivity contribution >= 4 is 14.4 Å². The topological polar surface area (TPSA) is 67.8 Å². The standard InChI is InChI=1S/C21H41NO4Si/c1-14(2)16-12-11-15(26-27(9,10)21(6,7)8)13-17(18(16)23)22-19(24)25-20(3,4)5/h12,14-15,17-18,23H,11,13H2,1-10H3,(H,22,24)/t15-,17-,18+/m0/s1. The Morgan fingerprint density at radius 3 is 2.22 bits per heavy atom. The van der Waals surface area contributed by atoms with Crippen molar-refractivity contribution in [1.82, 2.24) is 5.32 Å². The van der Waals surface area contributed by atoms with Gasteiger partial charge in [-0.1, -0.05) is 40.7 Å². The van der Waals surface area contributed by atoms with E-state index in [2.05, 4.69) is 59.1 Å². The van der Waals surface area contributed by atoms with Gasteiger partial charge < -0.3 is 19.6 Å². The molecule has 5 nitrogen and oxygen atoms in total. The average molecular weight is 400 g/mol. The Kier molecular flexibility index (Phi) is 7.76. The van der Waals surface area contributed by atoms with Crippen molar-refractivity contribution in [3.63, 3.8) is 0 Å². The van der Waals surface area contributed by atoms with E-state index in [-0.39, 0.29) is 17.1 Å². The van der Waals surface area contributed by atoms with Gasteiger partial charge in [-0.15, -0.1) is 0 Å². The van der Waals surface area contributed by atoms with Crippen LogP contribution in [0.2, 0.25) is 18.1 Å². The highest BCUT2D eigenvalue weighted by molar-refractivity contribution is 6.74. The summed E-state index contributed by atoms with van der Waals surface area (Å²) in [4.78, 5) is 12.3. The fourth-order valence-electron chi connectivity index (χ4n) is 2.99. The van der Waals surface area contributed by atoms with E-state index in [1.54, 1.807) is 0 Å². The number of aliphatic hydroxyl groups is 1. The minimum absolute atomic E-state index is 0.0308. The van der Waals surface area contributed by atoms with Crippen LogP contribution in [0.1, 0.15) is 68.2 Å². The van der Waals surface area contributed by atoms with Crippen molar-refractivity contribution in [2.75, 3.05) is 0 Å². The molecule has 0 saturated carbocycles. The third-order valence-corrected chi connectivity index (χ3v) is 10.0. The number of carbonyl (C=O) groups is 1. The summed E-state index contributed by atoms with van der Waals surface area (Å²) in [6.45, 7) is 20.7. The van der Waals surface area contributed by atoms with Crippen molar-refractivity contribution in [3.8, 4) is 0 Å². The zero-order valence-corrected chi connectivity index (χ0v) is 20.0. The van der Waals surface area contributed by atoms with Crippen molar-refractivity contribution in [2.24, 2.45) is 5.92 Å². The van der Waals surface area contributed by atoms with Gasteiger partial charge in [0.25, 0.3) is 0 Å². The first-order chi connectivity index (χ1) is 12.0. The number of aliphatic hydroxyl groups excluding tert-OH is 1. The Morgan fingerprint density at radius 1 is 1.22 bits per heavy atom. The number of hydrogen-bond acceptors (Lipinski definition) is 4. The third kappa shape index (κ3) is 7.24. The van der Waals surface area contributed by atoms with E-state index in [0.717, 1.165) is 12.0 Å². The van der Waals surface area contributed by atoms with Crippen LogP contribution in [0.4, 0.5) is 4.79 Å². The van der Waals surface area contributed by atoms with Gasteiger partial charge in [-0.05, 0) is 63.2 Å². The lowest BCUT2D eigenvalue weighted by Gasteiger charge is -2.39. The fourth-order valence-corrected chi connectivity index (χ4v) is 4.37. The second-order valence-corrected chi connectivity index (χ2v) is 15.3. The predicted molar refractivity (Wildman–Crippen MR) is 113 cm³/mol. The predicted octanol–water partition coefficient (Wildman–Crippen LogP) is 5.01. The number of carbonyl (C=O) groups excluding carboxylic acids is 1. The van der Waals surface area contributed by atoms with Crippen LogP contribution in [-0.4, -0.2) is 43.4 Å². The quantitative estimate of drug-likeness (QED) is 0.515. The van der Waals surface area contributed by atoms with E-state index in [0.29, 0.717) is 6.42 Å². The number of alkyl carbamates (subject to hydrolysis) is 1. The molecule has 1 aliphatic rings. The van der Waals surface area contributed by atoms with E-state index in [9.17, 15) is 9.90 Å². The number of hydrogen-bond donors (Lipinski definition) is 2. The van der Waals surface area contributed by atoms with Gasteiger partial charge in [0, 0.05) is 0 Å². The van der Waals surface area contributed by atoms with Gasteiger partial charge in [0.1, 0.15) is 5.60 Å². The molecule has 158 valence electrons. The lowest BCUT2D eigenvalue weighted by Crippen LogP contribution is -2.49. The first-order valence-corrected chi connectivity index (χ1v) is 13.0. The van der Waals surface area contributed by atoms with Crippen LogP contribution in [0, 0.1) is 5.92 Å². The van der Waals surface area contributed by atoms with Crippen LogP contribution in [0.25, 0.3) is 0 Å². The Labute approximate surface area is 167 Å². The van der Waals surface area contributed by atoms with Crippen molar-refractivity contribution < 1.29 is 19.1 Å². The van der Waals surface area contributed by atoms with E-state index in [4.69, 9.17) is 9.16 Å². The molecule has 6 heteroatoms. The molecule has 0 bridgehead atoms. The van der Waals surface area contributed by atoms with Crippen LogP contribution >= 0.6 is 0 Å². The summed E-state index contributed by atoms with van der Waals surface area (Å²) in [5.41, 5.74) is 0.380. The Morgan fingerprint density at radius 2 is 1.78 bits per heavy atom. The van der Waals surface area contributed by atoms with Crippen molar-refractivity contribution in [1.29, 1.82) is 0 Å². The molecule has 1 aliphatic carbocycles. The Hall–Kier alpha value is -0.853. The molecule has 0 spiro atoms. The SMILES string of the molecule is CC(C)C1=CC[C@H](O[Si](C)(C)C(C)(C)C)C[C@H](NC(=O)OC(C)(C)C)[C@@H]1O. The van der Waals surface area contributed by atoms with Crippen LogP contribution in [0.3, 0.4) is 0 Å². The summed E-state index contributed by atoms with van der Waals surface area (Å²) in [5, 5.41) is 13.9. The Balaban J connectivity index is 3.02. The molecule has 0 heterocycles. The van der Waals surface area contributed by atoms with Gasteiger partial charge in [0.2, 0.25) is 0 Å². The largest absolute Gasteiger partial charge is 0.444 e. The zero-order valence-electron chi connectivity index (χ0n) is 19.0. The number of nitrogens with one attached hydrogen (secondary N) is 1. The molecule has 0 saturated heterocycles. The number of amides is 1. The molecule has 2 N–H and O–H groups in total. The molecule has 1 rings (SSSR count). The summed E-state index contributed by atoms with van der Waals surface area (Å²) in [7, 11) is -1.95. The lowest BCUT2D eigenvalue weighted by molar-refractivity contribution is 0.0407. The second-order valence-electron chi connectivity index (χ2n) is 10.5. The smallest absolute Gasteiger partial charge is 0.407 e. The van der Waals surface area contributed by atoms with Gasteiger partial charge in [-0.2, -0.15) is 0 Å². The summed E-state index contributed by atoms with van der Waals surface area (Å²) < 4.78 is 12.0. The maximum Gasteiger partial charge on any atom is 0.407 e. The molecular weight excluding hydrogens is 358 g/mol. The first-order valence-electron chi connectivity index (χ1n) is 10.1. The van der Waals surface area contributed by atoms with Gasteiger partial charge in [0.15, 0.2) is 8.32 Å². The second kappa shape index (κ2) is 8.66. The lowest BCUT2D eigenvalue weighted by atomic mass is 9.93. The molecule has 0 aliphatic heterocycles. The average Bonchev–Trinajstić information content (AvgIpc) is 2.55. The highest BCUT2D eigenvalue weighted by Crippen LogP contribution is 2.39. The van der Waals surface area contributed by atoms with Gasteiger partial charge >= 0.3 is 6.09 Å². The molecule has 0 radical (unpaired) electrons. The van der Waals surface area contributed by atoms with E-state index >= 15 is 0 Å². The summed E-state index contributed by atoms with van der Waals surface area (Å²) in [6, 6.07) is -0.425. The third-order valence-electron chi connectivity index (χ3n) is 5.49. The molecule has 0 fully saturated rings. The van der Waals surface area contributed by atoms with Crippen LogP contribution in [-0.2, 0) is 9.16 Å². The van der Waals surface area contributed by atoms with E-state index in [1.807, 2.05) is 20.8 Å². The maximum atomic E-state index is 12.3. The molecule has 0 unspecified atom stereocenters. The molecule has 3 atom stereocenters. The van der Waals surface area contributed by atoms with Crippen LogP contribution in [0.15, 0.2) is 11.6 Å². The normalized spacial score (nSPS) is 25.0. The summed E-state index contributed by atoms with van der Waals surface area (Å²) in [5.74, 6) is 0.203. The fraction of sp³-hybridized carbons (Fsp3) is 0.857. The Bertz CT molecular complexity index is 543. The van der Waals surface area contributed by atoms with Crippen LogP contribution < -0.4 is 5.32 Å². The van der Waals surface area contributed by atoms with E-state index in [1.165, 1.54) is 0 Å². The molecule has 0 aromatic heterocycles. The van der Waals surface area contributed by atoms with Gasteiger partial charge in [-0.3, -0.25) is 0 Å². The molecule has 1 amide bonds. The van der Waals surface area contributed by atoms with Gasteiger partial charge in [-0.25, -0.2) is 4.79 Å². The minimum atomic E-state index is -1.95. The zero-order chi connectivity index (χ0) is 21.2. The molecule has 0 aromatic rings. The summed E-state index contributed by atoms with van der Waals surface area (Å²) in [6.07, 6.45) is 2.16. The summed E-state index contributed by atoms with van der Waals surface area (Å²) >= 11 is 0. The highest BCUT2D eigenvalue weighted by atomic mass is 28.4. The van der Waals surface area contributed by atoms with Gasteiger partial charge in [0.05, 0.1) is 18.2 Å². The molecular formula is C21H41NO4Si. The molecule has 27 heavy (non-hydrogen) atoms. The monoisotopic (exact) mass is 399 g/mol. The van der Waals surface area contributed by atoms with Crippen molar-refractivity contribution in [3.05, 3.63) is 11.6 Å². The number of rotatable bonds is 4. The maximum absolute atomic E-state index is 12.3. The molecule has 0 aromatic carbocycles. The van der Waals surface area contributed by atoms with Crippen molar-refractivity contribution in [2.45, 2.75) is 110 Å². The van der Waals surface area contributed by atoms with Crippen LogP contribution in [0.5, 0.6) is 0 Å². The highest BCUT2D eigenvalue weighted by Gasteiger charge is 2.41. The first kappa shape index (κ1) is 24.2. The van der Waals surface area contributed by atoms with E-state index < -0.39 is 32.2 Å².